The maximum atomic E-state index is 9.56. The molecule has 0 aliphatic rings. The van der Waals surface area contributed by atoms with Crippen molar-refractivity contribution in [2.24, 2.45) is 0 Å². The first-order chi connectivity index (χ1) is 8.56. The highest BCUT2D eigenvalue weighted by Gasteiger charge is 2.00. The van der Waals surface area contributed by atoms with Crippen molar-refractivity contribution in [3.05, 3.63) is 47.5 Å². The third-order valence-corrected chi connectivity index (χ3v) is 2.47. The topological polar surface area (TPSA) is 80.9 Å². The van der Waals surface area contributed by atoms with Crippen LogP contribution in [0, 0.1) is 0 Å². The van der Waals surface area contributed by atoms with Crippen LogP contribution in [-0.2, 0) is 0 Å². The van der Waals surface area contributed by atoms with Crippen molar-refractivity contribution >= 4 is 12.2 Å². The standard InChI is InChI=1S/C14H12O4/c15-11-4-6-12(16)10(8-11)3-1-9-2-5-13(17)14(18)7-9/h1-8,15-18H/b3-1+. The van der Waals surface area contributed by atoms with Crippen LogP contribution in [-0.4, -0.2) is 20.4 Å². The molecule has 4 N–H and O–H groups in total. The van der Waals surface area contributed by atoms with Crippen molar-refractivity contribution in [3.63, 3.8) is 0 Å². The SMILES string of the molecule is Oc1ccc(O)c(/C=C/c2ccc(O)c(O)c2)c1. The van der Waals surface area contributed by atoms with Gasteiger partial charge in [-0.05, 0) is 35.9 Å². The molecule has 0 aromatic heterocycles. The molecule has 0 atom stereocenters. The molecule has 0 aliphatic carbocycles. The Morgan fingerprint density at radius 2 is 1.39 bits per heavy atom. The summed E-state index contributed by atoms with van der Waals surface area (Å²) in [6.45, 7) is 0. The highest BCUT2D eigenvalue weighted by molar-refractivity contribution is 5.73. The van der Waals surface area contributed by atoms with E-state index in [1.807, 2.05) is 0 Å². The lowest BCUT2D eigenvalue weighted by Gasteiger charge is -2.01. The smallest absolute Gasteiger partial charge is 0.157 e. The number of benzene rings is 2. The molecule has 0 bridgehead atoms. The molecule has 92 valence electrons. The summed E-state index contributed by atoms with van der Waals surface area (Å²) >= 11 is 0. The van der Waals surface area contributed by atoms with Gasteiger partial charge in [0, 0.05) is 5.56 Å². The van der Waals surface area contributed by atoms with Gasteiger partial charge in [-0.25, -0.2) is 0 Å². The van der Waals surface area contributed by atoms with E-state index in [0.29, 0.717) is 11.1 Å². The maximum Gasteiger partial charge on any atom is 0.157 e. The number of rotatable bonds is 2. The van der Waals surface area contributed by atoms with Gasteiger partial charge in [-0.1, -0.05) is 18.2 Å². The van der Waals surface area contributed by atoms with Crippen LogP contribution in [0.3, 0.4) is 0 Å². The average molecular weight is 244 g/mol. The van der Waals surface area contributed by atoms with Crippen molar-refractivity contribution in [1.29, 1.82) is 0 Å². The van der Waals surface area contributed by atoms with E-state index in [-0.39, 0.29) is 23.0 Å². The zero-order valence-corrected chi connectivity index (χ0v) is 9.41. The van der Waals surface area contributed by atoms with Crippen LogP contribution in [0.15, 0.2) is 36.4 Å². The monoisotopic (exact) mass is 244 g/mol. The number of hydrogen-bond donors (Lipinski definition) is 4. The number of hydrogen-bond acceptors (Lipinski definition) is 4. The van der Waals surface area contributed by atoms with Gasteiger partial charge in [-0.3, -0.25) is 0 Å². The van der Waals surface area contributed by atoms with Gasteiger partial charge in [0.1, 0.15) is 11.5 Å². The van der Waals surface area contributed by atoms with E-state index >= 15 is 0 Å². The zero-order chi connectivity index (χ0) is 13.1. The number of aromatic hydroxyl groups is 4. The van der Waals surface area contributed by atoms with Crippen molar-refractivity contribution in [2.75, 3.05) is 0 Å². The molecular weight excluding hydrogens is 232 g/mol. The van der Waals surface area contributed by atoms with Crippen LogP contribution in [0.1, 0.15) is 11.1 Å². The quantitative estimate of drug-likeness (QED) is 0.372. The molecule has 0 fully saturated rings. The molecule has 0 spiro atoms. The van der Waals surface area contributed by atoms with Gasteiger partial charge in [0.25, 0.3) is 0 Å². The van der Waals surface area contributed by atoms with Crippen molar-refractivity contribution in [3.8, 4) is 23.0 Å². The van der Waals surface area contributed by atoms with Crippen LogP contribution < -0.4 is 0 Å². The molecule has 2 rings (SSSR count). The summed E-state index contributed by atoms with van der Waals surface area (Å²) in [5.74, 6) is -0.294. The molecule has 0 aliphatic heterocycles. The first kappa shape index (κ1) is 11.9. The largest absolute Gasteiger partial charge is 0.508 e. The van der Waals surface area contributed by atoms with Gasteiger partial charge in [-0.2, -0.15) is 0 Å². The van der Waals surface area contributed by atoms with E-state index in [1.54, 1.807) is 18.2 Å². The average Bonchev–Trinajstić information content (AvgIpc) is 2.34. The fraction of sp³-hybridized carbons (Fsp3) is 0. The van der Waals surface area contributed by atoms with E-state index in [2.05, 4.69) is 0 Å². The van der Waals surface area contributed by atoms with Crippen molar-refractivity contribution < 1.29 is 20.4 Å². The minimum absolute atomic E-state index is 0.0482. The van der Waals surface area contributed by atoms with Gasteiger partial charge in [0.2, 0.25) is 0 Å². The summed E-state index contributed by atoms with van der Waals surface area (Å²) in [7, 11) is 0. The first-order valence-electron chi connectivity index (χ1n) is 5.28. The molecule has 0 radical (unpaired) electrons. The van der Waals surface area contributed by atoms with Crippen molar-refractivity contribution in [2.45, 2.75) is 0 Å². The van der Waals surface area contributed by atoms with Gasteiger partial charge < -0.3 is 20.4 Å². The molecule has 2 aromatic carbocycles. The Morgan fingerprint density at radius 3 is 2.11 bits per heavy atom. The highest BCUT2D eigenvalue weighted by atomic mass is 16.3. The molecule has 4 nitrogen and oxygen atoms in total. The summed E-state index contributed by atoms with van der Waals surface area (Å²) in [4.78, 5) is 0. The Bertz CT molecular complexity index is 603. The summed E-state index contributed by atoms with van der Waals surface area (Å²) in [6, 6.07) is 8.59. The lowest BCUT2D eigenvalue weighted by molar-refractivity contribution is 0.403. The zero-order valence-electron chi connectivity index (χ0n) is 9.41. The molecule has 0 saturated carbocycles. The summed E-state index contributed by atoms with van der Waals surface area (Å²) in [5, 5.41) is 37.3. The van der Waals surface area contributed by atoms with Crippen molar-refractivity contribution in [1.82, 2.24) is 0 Å². The van der Waals surface area contributed by atoms with Gasteiger partial charge in [0.05, 0.1) is 0 Å². The van der Waals surface area contributed by atoms with Crippen LogP contribution in [0.2, 0.25) is 0 Å². The molecule has 0 saturated heterocycles. The predicted octanol–water partition coefficient (Wildman–Crippen LogP) is 2.68. The van der Waals surface area contributed by atoms with Crippen LogP contribution >= 0.6 is 0 Å². The second-order valence-electron chi connectivity index (χ2n) is 3.82. The Balaban J connectivity index is 2.29. The van der Waals surface area contributed by atoms with Gasteiger partial charge >= 0.3 is 0 Å². The second kappa shape index (κ2) is 4.71. The fourth-order valence-corrected chi connectivity index (χ4v) is 1.51. The van der Waals surface area contributed by atoms with Gasteiger partial charge in [-0.15, -0.1) is 0 Å². The van der Waals surface area contributed by atoms with E-state index in [1.165, 1.54) is 30.3 Å². The Morgan fingerprint density at radius 1 is 0.667 bits per heavy atom. The lowest BCUT2D eigenvalue weighted by atomic mass is 10.1. The first-order valence-corrected chi connectivity index (χ1v) is 5.28. The minimum atomic E-state index is -0.211. The maximum absolute atomic E-state index is 9.56. The molecule has 0 heterocycles. The Kier molecular flexibility index (Phi) is 3.10. The van der Waals surface area contributed by atoms with E-state index in [9.17, 15) is 15.3 Å². The number of phenols is 4. The summed E-state index contributed by atoms with van der Waals surface area (Å²) in [5.41, 5.74) is 1.12. The summed E-state index contributed by atoms with van der Waals surface area (Å²) in [6.07, 6.45) is 3.24. The van der Waals surface area contributed by atoms with E-state index in [0.717, 1.165) is 0 Å². The Labute approximate surface area is 104 Å². The minimum Gasteiger partial charge on any atom is -0.508 e. The molecule has 4 heteroatoms. The molecule has 18 heavy (non-hydrogen) atoms. The van der Waals surface area contributed by atoms with Crippen LogP contribution in [0.4, 0.5) is 0 Å². The highest BCUT2D eigenvalue weighted by Crippen LogP contribution is 2.27. The fourth-order valence-electron chi connectivity index (χ4n) is 1.51. The normalized spacial score (nSPS) is 10.9. The Hall–Kier alpha value is -2.62. The second-order valence-corrected chi connectivity index (χ2v) is 3.82. The third kappa shape index (κ3) is 2.55. The summed E-state index contributed by atoms with van der Waals surface area (Å²) < 4.78 is 0. The molecular formula is C14H12O4. The van der Waals surface area contributed by atoms with E-state index < -0.39 is 0 Å². The van der Waals surface area contributed by atoms with Gasteiger partial charge in [0.15, 0.2) is 11.5 Å². The molecule has 0 unspecified atom stereocenters. The van der Waals surface area contributed by atoms with Crippen LogP contribution in [0.25, 0.3) is 12.2 Å². The lowest BCUT2D eigenvalue weighted by Crippen LogP contribution is -1.76. The number of phenolic OH excluding ortho intramolecular Hbond substituents is 4. The van der Waals surface area contributed by atoms with Crippen LogP contribution in [0.5, 0.6) is 23.0 Å². The third-order valence-electron chi connectivity index (χ3n) is 2.47. The van der Waals surface area contributed by atoms with E-state index in [4.69, 9.17) is 5.11 Å². The molecule has 0 amide bonds. The predicted molar refractivity (Wildman–Crippen MR) is 68.5 cm³/mol. The molecule has 2 aromatic rings.